The highest BCUT2D eigenvalue weighted by Gasteiger charge is 2.67. The number of ether oxygens (including phenoxy) is 1. The number of amides is 3. The van der Waals surface area contributed by atoms with Crippen molar-refractivity contribution in [3.05, 3.63) is 29.3 Å². The summed E-state index contributed by atoms with van der Waals surface area (Å²) >= 11 is 0. The highest BCUT2D eigenvalue weighted by atomic mass is 16.5. The van der Waals surface area contributed by atoms with Gasteiger partial charge >= 0.3 is 6.03 Å². The summed E-state index contributed by atoms with van der Waals surface area (Å²) in [7, 11) is 1.65. The third kappa shape index (κ3) is 3.54. The number of rotatable bonds is 4. The fourth-order valence-corrected chi connectivity index (χ4v) is 7.63. The van der Waals surface area contributed by atoms with Crippen LogP contribution in [0.1, 0.15) is 75.8 Å². The summed E-state index contributed by atoms with van der Waals surface area (Å²) in [5.74, 6) is 1.17. The molecule has 2 saturated heterocycles. The molecule has 4 atom stereocenters. The molecule has 7 heteroatoms. The number of imide groups is 1. The van der Waals surface area contributed by atoms with E-state index in [2.05, 4.69) is 29.4 Å². The van der Waals surface area contributed by atoms with E-state index >= 15 is 0 Å². The minimum atomic E-state index is -1.02. The van der Waals surface area contributed by atoms with E-state index in [1.54, 1.807) is 7.11 Å². The van der Waals surface area contributed by atoms with E-state index in [0.717, 1.165) is 36.4 Å². The minimum absolute atomic E-state index is 0.0497. The van der Waals surface area contributed by atoms with Crippen LogP contribution in [0.15, 0.2) is 18.2 Å². The number of carbonyl (C=O) groups is 2. The summed E-state index contributed by atoms with van der Waals surface area (Å²) < 4.78 is 5.57. The van der Waals surface area contributed by atoms with Crippen molar-refractivity contribution in [2.24, 2.45) is 5.92 Å². The van der Waals surface area contributed by atoms with Crippen LogP contribution in [0, 0.1) is 12.8 Å². The van der Waals surface area contributed by atoms with Crippen LogP contribution in [0.25, 0.3) is 0 Å². The summed E-state index contributed by atoms with van der Waals surface area (Å²) in [5, 5.41) is 18.0. The number of aryl methyl sites for hydroxylation is 1. The Kier molecular flexibility index (Phi) is 5.92. The molecule has 3 N–H and O–H groups in total. The molecule has 186 valence electrons. The third-order valence-electron chi connectivity index (χ3n) is 9.62. The Bertz CT molecular complexity index is 977. The van der Waals surface area contributed by atoms with Crippen LogP contribution in [0.3, 0.4) is 0 Å². The summed E-state index contributed by atoms with van der Waals surface area (Å²) in [5.41, 5.74) is -0.554. The fraction of sp³-hybridized carbons (Fsp3) is 0.704. The van der Waals surface area contributed by atoms with Crippen LogP contribution in [0.2, 0.25) is 0 Å². The van der Waals surface area contributed by atoms with Crippen LogP contribution in [0.5, 0.6) is 5.75 Å². The number of hydrogen-bond acceptors (Lipinski definition) is 5. The number of benzene rings is 1. The molecule has 2 heterocycles. The number of piperidine rings is 1. The molecule has 0 radical (unpaired) electrons. The molecule has 4 aliphatic rings. The van der Waals surface area contributed by atoms with Crippen molar-refractivity contribution in [2.75, 3.05) is 20.2 Å². The molecule has 7 nitrogen and oxygen atoms in total. The van der Waals surface area contributed by atoms with Crippen molar-refractivity contribution in [1.82, 2.24) is 15.5 Å². The van der Waals surface area contributed by atoms with Gasteiger partial charge in [0.05, 0.1) is 12.7 Å². The predicted molar refractivity (Wildman–Crippen MR) is 130 cm³/mol. The van der Waals surface area contributed by atoms with Gasteiger partial charge in [-0.3, -0.25) is 15.0 Å². The van der Waals surface area contributed by atoms with E-state index in [4.69, 9.17) is 4.74 Å². The van der Waals surface area contributed by atoms with Crippen molar-refractivity contribution in [3.8, 4) is 5.75 Å². The molecule has 5 rings (SSSR count). The number of aliphatic hydroxyl groups is 1. The largest absolute Gasteiger partial charge is 0.497 e. The number of carbonyl (C=O) groups excluding carboxylic acids is 2. The molecular weight excluding hydrogens is 430 g/mol. The molecule has 1 aromatic carbocycles. The zero-order valence-corrected chi connectivity index (χ0v) is 20.8. The molecule has 3 amide bonds. The lowest BCUT2D eigenvalue weighted by molar-refractivity contribution is -0.172. The summed E-state index contributed by atoms with van der Waals surface area (Å²) in [6, 6.07) is 5.54. The Morgan fingerprint density at radius 2 is 1.91 bits per heavy atom. The van der Waals surface area contributed by atoms with E-state index in [9.17, 15) is 14.7 Å². The standard InChI is InChI=1S/C27H39N3O4/c1-18-9-10-21(34-3)15-22(18)25-13-14-30(16-20-7-5-4-6-8-20)19(2)27(25,33)12-11-26(17-25)23(31)28-24(32)29-26/h9-10,15,19-20,33H,4-8,11-14,16-17H2,1-3H3,(H2,28,29,31,32). The predicted octanol–water partition coefficient (Wildman–Crippen LogP) is 3.41. The molecule has 34 heavy (non-hydrogen) atoms. The lowest BCUT2D eigenvalue weighted by Gasteiger charge is -2.63. The highest BCUT2D eigenvalue weighted by Crippen LogP contribution is 2.58. The Hall–Kier alpha value is -2.12. The van der Waals surface area contributed by atoms with E-state index in [-0.39, 0.29) is 11.9 Å². The monoisotopic (exact) mass is 469 g/mol. The molecule has 2 aliphatic heterocycles. The lowest BCUT2D eigenvalue weighted by Crippen LogP contribution is -2.73. The number of urea groups is 1. The van der Waals surface area contributed by atoms with Gasteiger partial charge in [0.2, 0.25) is 0 Å². The first-order valence-corrected chi connectivity index (χ1v) is 13.0. The smallest absolute Gasteiger partial charge is 0.322 e. The van der Waals surface area contributed by atoms with Gasteiger partial charge in [0.25, 0.3) is 5.91 Å². The zero-order valence-electron chi connectivity index (χ0n) is 20.8. The molecule has 2 saturated carbocycles. The molecule has 1 spiro atoms. The van der Waals surface area contributed by atoms with E-state index in [1.807, 2.05) is 18.2 Å². The van der Waals surface area contributed by atoms with Gasteiger partial charge < -0.3 is 15.2 Å². The Morgan fingerprint density at radius 3 is 2.59 bits per heavy atom. The van der Waals surface area contributed by atoms with Gasteiger partial charge in [0.1, 0.15) is 11.3 Å². The van der Waals surface area contributed by atoms with Gasteiger partial charge in [-0.2, -0.15) is 0 Å². The first kappa shape index (κ1) is 23.6. The van der Waals surface area contributed by atoms with Crippen molar-refractivity contribution >= 4 is 11.9 Å². The molecule has 4 fully saturated rings. The Morgan fingerprint density at radius 1 is 1.15 bits per heavy atom. The summed E-state index contributed by atoms with van der Waals surface area (Å²) in [6.45, 7) is 6.12. The maximum atomic E-state index is 13.0. The van der Waals surface area contributed by atoms with E-state index in [1.165, 1.54) is 32.1 Å². The van der Waals surface area contributed by atoms with Crippen molar-refractivity contribution in [3.63, 3.8) is 0 Å². The fourth-order valence-electron chi connectivity index (χ4n) is 7.63. The van der Waals surface area contributed by atoms with Gasteiger partial charge in [-0.05, 0) is 88.1 Å². The molecule has 1 aromatic rings. The summed E-state index contributed by atoms with van der Waals surface area (Å²) in [6.07, 6.45) is 8.53. The lowest BCUT2D eigenvalue weighted by atomic mass is 9.49. The highest BCUT2D eigenvalue weighted by molar-refractivity contribution is 6.07. The van der Waals surface area contributed by atoms with E-state index < -0.39 is 22.6 Å². The quantitative estimate of drug-likeness (QED) is 0.588. The van der Waals surface area contributed by atoms with Crippen LogP contribution in [-0.2, 0) is 10.2 Å². The number of fused-ring (bicyclic) bond motifs is 1. The van der Waals surface area contributed by atoms with Gasteiger partial charge in [0, 0.05) is 18.0 Å². The Labute approximate surface area is 202 Å². The number of likely N-dealkylation sites (tertiary alicyclic amines) is 1. The molecule has 2 aliphatic carbocycles. The number of nitrogens with one attached hydrogen (secondary N) is 2. The van der Waals surface area contributed by atoms with Crippen molar-refractivity contribution in [1.29, 1.82) is 0 Å². The van der Waals surface area contributed by atoms with E-state index in [0.29, 0.717) is 25.2 Å². The van der Waals surface area contributed by atoms with Crippen LogP contribution in [0.4, 0.5) is 4.79 Å². The van der Waals surface area contributed by atoms with Gasteiger partial charge in [-0.25, -0.2) is 4.79 Å². The van der Waals surface area contributed by atoms with Gasteiger partial charge in [-0.15, -0.1) is 0 Å². The van der Waals surface area contributed by atoms with Crippen molar-refractivity contribution in [2.45, 2.75) is 94.2 Å². The SMILES string of the molecule is COc1ccc(C)c(C23CCN(CC4CCCCC4)C(C)C2(O)CCC2(C3)NC(=O)NC2=O)c1. The number of methoxy groups -OCH3 is 1. The maximum Gasteiger partial charge on any atom is 0.322 e. The molecule has 4 unspecified atom stereocenters. The zero-order chi connectivity index (χ0) is 24.1. The number of hydrogen-bond donors (Lipinski definition) is 3. The topological polar surface area (TPSA) is 90.9 Å². The van der Waals surface area contributed by atoms with Crippen LogP contribution >= 0.6 is 0 Å². The van der Waals surface area contributed by atoms with Gasteiger partial charge in [-0.1, -0.05) is 25.3 Å². The second-order valence-electron chi connectivity index (χ2n) is 11.3. The Balaban J connectivity index is 1.56. The molecular formula is C27H39N3O4. The second-order valence-corrected chi connectivity index (χ2v) is 11.3. The van der Waals surface area contributed by atoms with Gasteiger partial charge in [0.15, 0.2) is 0 Å². The first-order chi connectivity index (χ1) is 16.2. The first-order valence-electron chi connectivity index (χ1n) is 13.0. The normalized spacial score (nSPS) is 36.8. The minimum Gasteiger partial charge on any atom is -0.497 e. The van der Waals surface area contributed by atoms with Crippen molar-refractivity contribution < 1.29 is 19.4 Å². The average molecular weight is 470 g/mol. The molecule has 0 aromatic heterocycles. The molecule has 0 bridgehead atoms. The third-order valence-corrected chi connectivity index (χ3v) is 9.62. The average Bonchev–Trinajstić information content (AvgIpc) is 3.10. The number of nitrogens with zero attached hydrogens (tertiary/aromatic N) is 1. The second kappa shape index (κ2) is 8.52. The van der Waals surface area contributed by atoms with Crippen LogP contribution < -0.4 is 15.4 Å². The maximum absolute atomic E-state index is 13.0. The van der Waals surface area contributed by atoms with Crippen LogP contribution in [-0.4, -0.2) is 59.3 Å². The summed E-state index contributed by atoms with van der Waals surface area (Å²) in [4.78, 5) is 27.7.